The van der Waals surface area contributed by atoms with Gasteiger partial charge in [-0.2, -0.15) is 10.2 Å². The summed E-state index contributed by atoms with van der Waals surface area (Å²) in [6.07, 6.45) is 3.40. The van der Waals surface area contributed by atoms with Crippen molar-refractivity contribution in [2.45, 2.75) is 0 Å². The summed E-state index contributed by atoms with van der Waals surface area (Å²) in [5.74, 6) is 1.85. The van der Waals surface area contributed by atoms with Crippen molar-refractivity contribution in [2.24, 2.45) is 0 Å². The number of hydrogen-bond acceptors (Lipinski definition) is 6. The van der Waals surface area contributed by atoms with E-state index in [2.05, 4.69) is 21.0 Å². The Morgan fingerprint density at radius 2 is 1.85 bits per heavy atom. The molecule has 0 spiro atoms. The molecule has 0 bridgehead atoms. The highest BCUT2D eigenvalue weighted by molar-refractivity contribution is 5.85. The topological polar surface area (TPSA) is 80.9 Å². The van der Waals surface area contributed by atoms with Crippen molar-refractivity contribution in [3.8, 4) is 34.8 Å². The number of nitrogens with zero attached hydrogens (tertiary/aromatic N) is 4. The molecule has 130 valence electrons. The van der Waals surface area contributed by atoms with E-state index in [0.29, 0.717) is 28.8 Å². The zero-order valence-electron chi connectivity index (χ0n) is 14.5. The molecule has 4 aromatic rings. The molecule has 2 heterocycles. The zero-order valence-corrected chi connectivity index (χ0v) is 14.5. The molecule has 0 amide bonds. The first-order chi connectivity index (χ1) is 13.3. The van der Waals surface area contributed by atoms with Crippen molar-refractivity contribution in [3.05, 3.63) is 72.6 Å². The van der Waals surface area contributed by atoms with Gasteiger partial charge in [0.2, 0.25) is 5.88 Å². The number of para-hydroxylation sites is 1. The Morgan fingerprint density at radius 3 is 2.63 bits per heavy atom. The van der Waals surface area contributed by atoms with Crippen LogP contribution in [0.5, 0.6) is 17.4 Å². The number of hydrogen-bond donors (Lipinski definition) is 0. The zero-order chi connectivity index (χ0) is 18.6. The summed E-state index contributed by atoms with van der Waals surface area (Å²) in [5.41, 5.74) is 2.04. The van der Waals surface area contributed by atoms with Crippen molar-refractivity contribution in [2.75, 3.05) is 7.11 Å². The van der Waals surface area contributed by atoms with E-state index in [-0.39, 0.29) is 0 Å². The maximum Gasteiger partial charge on any atom is 0.230 e. The Kier molecular flexibility index (Phi) is 4.33. The van der Waals surface area contributed by atoms with Crippen LogP contribution in [-0.4, -0.2) is 22.1 Å². The fourth-order valence-electron chi connectivity index (χ4n) is 2.68. The summed E-state index contributed by atoms with van der Waals surface area (Å²) in [6.45, 7) is 0. The lowest BCUT2D eigenvalue weighted by molar-refractivity contribution is 0.375. The van der Waals surface area contributed by atoms with E-state index in [4.69, 9.17) is 14.7 Å². The van der Waals surface area contributed by atoms with Gasteiger partial charge in [-0.15, -0.1) is 0 Å². The van der Waals surface area contributed by atoms with Crippen LogP contribution in [0.3, 0.4) is 0 Å². The predicted molar refractivity (Wildman–Crippen MR) is 101 cm³/mol. The number of pyridine rings is 1. The molecule has 0 aliphatic heterocycles. The fraction of sp³-hybridized carbons (Fsp3) is 0.0476. The summed E-state index contributed by atoms with van der Waals surface area (Å²) in [6, 6.07) is 18.4. The molecule has 0 radical (unpaired) electrons. The summed E-state index contributed by atoms with van der Waals surface area (Å²) in [5, 5.41) is 9.84. The van der Waals surface area contributed by atoms with Gasteiger partial charge in [-0.1, -0.05) is 12.1 Å². The third-order valence-corrected chi connectivity index (χ3v) is 3.99. The first-order valence-electron chi connectivity index (χ1n) is 8.21. The average molecular weight is 354 g/mol. The van der Waals surface area contributed by atoms with E-state index in [0.717, 1.165) is 16.5 Å². The van der Waals surface area contributed by atoms with Gasteiger partial charge in [0, 0.05) is 24.0 Å². The second kappa shape index (κ2) is 7.10. The molecule has 0 saturated carbocycles. The van der Waals surface area contributed by atoms with Gasteiger partial charge in [0.05, 0.1) is 29.6 Å². The number of rotatable bonds is 4. The van der Waals surface area contributed by atoms with Gasteiger partial charge in [0.1, 0.15) is 0 Å². The lowest BCUT2D eigenvalue weighted by Crippen LogP contribution is -1.98. The molecule has 0 aliphatic rings. The Morgan fingerprint density at radius 1 is 0.963 bits per heavy atom. The lowest BCUT2D eigenvalue weighted by atomic mass is 10.2. The van der Waals surface area contributed by atoms with Crippen molar-refractivity contribution in [3.63, 3.8) is 0 Å². The van der Waals surface area contributed by atoms with Crippen LogP contribution >= 0.6 is 0 Å². The van der Waals surface area contributed by atoms with Crippen LogP contribution in [0.4, 0.5) is 0 Å². The third-order valence-electron chi connectivity index (χ3n) is 3.99. The minimum Gasteiger partial charge on any atom is -0.493 e. The van der Waals surface area contributed by atoms with Crippen molar-refractivity contribution in [1.29, 1.82) is 5.26 Å². The number of aromatic nitrogens is 3. The van der Waals surface area contributed by atoms with E-state index in [1.165, 1.54) is 7.11 Å². The van der Waals surface area contributed by atoms with Crippen LogP contribution in [0.1, 0.15) is 5.56 Å². The monoisotopic (exact) mass is 354 g/mol. The van der Waals surface area contributed by atoms with E-state index in [9.17, 15) is 0 Å². The predicted octanol–water partition coefficient (Wildman–Crippen LogP) is 4.36. The summed E-state index contributed by atoms with van der Waals surface area (Å²) in [7, 11) is 1.53. The third kappa shape index (κ3) is 3.26. The van der Waals surface area contributed by atoms with Gasteiger partial charge in [-0.05, 0) is 36.4 Å². The fourth-order valence-corrected chi connectivity index (χ4v) is 2.68. The molecule has 0 saturated heterocycles. The van der Waals surface area contributed by atoms with Crippen molar-refractivity contribution in [1.82, 2.24) is 15.0 Å². The maximum atomic E-state index is 9.07. The summed E-state index contributed by atoms with van der Waals surface area (Å²) in [4.78, 5) is 13.3. The molecule has 0 fully saturated rings. The highest BCUT2D eigenvalue weighted by atomic mass is 16.5. The molecule has 0 atom stereocenters. The number of benzene rings is 2. The highest BCUT2D eigenvalue weighted by Crippen LogP contribution is 2.35. The smallest absolute Gasteiger partial charge is 0.230 e. The van der Waals surface area contributed by atoms with E-state index >= 15 is 0 Å². The van der Waals surface area contributed by atoms with Gasteiger partial charge in [-0.25, -0.2) is 4.98 Å². The Balaban J connectivity index is 1.85. The molecular formula is C21H14N4O2. The van der Waals surface area contributed by atoms with Crippen LogP contribution < -0.4 is 9.47 Å². The van der Waals surface area contributed by atoms with E-state index < -0.39 is 0 Å². The Bertz CT molecular complexity index is 1150. The van der Waals surface area contributed by atoms with Gasteiger partial charge in [0.15, 0.2) is 17.3 Å². The quantitative estimate of drug-likeness (QED) is 0.541. The average Bonchev–Trinajstić information content (AvgIpc) is 2.74. The van der Waals surface area contributed by atoms with Crippen LogP contribution in [-0.2, 0) is 0 Å². The van der Waals surface area contributed by atoms with Crippen LogP contribution in [0.2, 0.25) is 0 Å². The maximum absolute atomic E-state index is 9.07. The molecule has 0 unspecified atom stereocenters. The van der Waals surface area contributed by atoms with Crippen molar-refractivity contribution >= 4 is 10.9 Å². The number of ether oxygens (including phenoxy) is 2. The van der Waals surface area contributed by atoms with Gasteiger partial charge < -0.3 is 9.47 Å². The molecule has 0 N–H and O–H groups in total. The van der Waals surface area contributed by atoms with Crippen LogP contribution in [0.25, 0.3) is 22.3 Å². The van der Waals surface area contributed by atoms with Crippen molar-refractivity contribution < 1.29 is 9.47 Å². The first kappa shape index (κ1) is 16.5. The molecule has 6 heteroatoms. The molecule has 0 aliphatic carbocycles. The van der Waals surface area contributed by atoms with Gasteiger partial charge in [-0.3, -0.25) is 4.98 Å². The second-order valence-corrected chi connectivity index (χ2v) is 5.69. The molecule has 4 rings (SSSR count). The SMILES string of the molecule is COc1cc(C#N)ccc1Oc1nc(-c2cccnc2)nc2ccccc12. The highest BCUT2D eigenvalue weighted by Gasteiger charge is 2.14. The molecule has 2 aromatic heterocycles. The second-order valence-electron chi connectivity index (χ2n) is 5.69. The standard InChI is InChI=1S/C21H14N4O2/c1-26-19-11-14(12-22)8-9-18(19)27-21-16-6-2-3-7-17(16)24-20(25-21)15-5-4-10-23-13-15/h2-11,13H,1H3. The van der Waals surface area contributed by atoms with Gasteiger partial charge in [0.25, 0.3) is 0 Å². The van der Waals surface area contributed by atoms with Crippen LogP contribution in [0.15, 0.2) is 67.0 Å². The molecule has 2 aromatic carbocycles. The minimum absolute atomic E-state index is 0.405. The first-order valence-corrected chi connectivity index (χ1v) is 8.21. The molecule has 27 heavy (non-hydrogen) atoms. The van der Waals surface area contributed by atoms with Crippen LogP contribution in [0, 0.1) is 11.3 Å². The number of methoxy groups -OCH3 is 1. The number of fused-ring (bicyclic) bond motifs is 1. The molecule has 6 nitrogen and oxygen atoms in total. The number of nitriles is 1. The van der Waals surface area contributed by atoms with E-state index in [1.807, 2.05) is 36.4 Å². The minimum atomic E-state index is 0.405. The summed E-state index contributed by atoms with van der Waals surface area (Å²) >= 11 is 0. The van der Waals surface area contributed by atoms with E-state index in [1.54, 1.807) is 30.6 Å². The normalized spacial score (nSPS) is 10.4. The summed E-state index contributed by atoms with van der Waals surface area (Å²) < 4.78 is 11.4. The molecular weight excluding hydrogens is 340 g/mol. The largest absolute Gasteiger partial charge is 0.493 e. The Hall–Kier alpha value is -3.98. The van der Waals surface area contributed by atoms with Gasteiger partial charge >= 0.3 is 0 Å². The Labute approximate surface area is 155 Å². The lowest BCUT2D eigenvalue weighted by Gasteiger charge is -2.12.